The second-order valence-corrected chi connectivity index (χ2v) is 7.02. The fraction of sp³-hybridized carbons (Fsp3) is 0.190. The van der Waals surface area contributed by atoms with Crippen LogP contribution >= 0.6 is 0 Å². The van der Waals surface area contributed by atoms with Crippen molar-refractivity contribution in [3.63, 3.8) is 0 Å². The minimum absolute atomic E-state index is 0.298. The zero-order valence-corrected chi connectivity index (χ0v) is 15.2. The van der Waals surface area contributed by atoms with Gasteiger partial charge in [0.15, 0.2) is 5.78 Å². The first-order chi connectivity index (χ1) is 13.1. The number of carboxylic acid groups (broad SMARTS) is 1. The van der Waals surface area contributed by atoms with Crippen LogP contribution in [0.25, 0.3) is 16.9 Å². The number of rotatable bonds is 4. The van der Waals surface area contributed by atoms with Gasteiger partial charge in [-0.15, -0.1) is 0 Å². The maximum atomic E-state index is 13.2. The van der Waals surface area contributed by atoms with Gasteiger partial charge < -0.3 is 15.5 Å². The number of carbonyl (C=O) groups is 3. The first kappa shape index (κ1) is 19.3. The number of Topliss-reactive ketones (excluding diaryl/α,β-unsaturated/α-hetero) is 1. The van der Waals surface area contributed by atoms with Crippen LogP contribution in [0.5, 0.6) is 0 Å². The highest BCUT2D eigenvalue weighted by atomic mass is 19.1. The number of aliphatic hydroxyl groups excluding tert-OH is 1. The third-order valence-electron chi connectivity index (χ3n) is 4.78. The third kappa shape index (κ3) is 3.26. The number of hydrogen-bond donors (Lipinski definition) is 3. The van der Waals surface area contributed by atoms with E-state index in [0.29, 0.717) is 22.3 Å². The standard InChI is InChI=1S/C21H18FNO5/c1-21(2)15-8-5-12(11-3-6-13(22)7-4-11)9-14(15)18(26)17(19(21)27)20(28)23-10-16(24)25/h3-9,26H,10H2,1-2H3,(H,23,28)(H,24,25). The molecular formula is C21H18FNO5. The van der Waals surface area contributed by atoms with Gasteiger partial charge in [0.1, 0.15) is 23.7 Å². The molecule has 1 aliphatic rings. The van der Waals surface area contributed by atoms with Crippen LogP contribution in [0.15, 0.2) is 48.0 Å². The van der Waals surface area contributed by atoms with Crippen LogP contribution in [0.4, 0.5) is 4.39 Å². The molecular weight excluding hydrogens is 365 g/mol. The maximum absolute atomic E-state index is 13.2. The van der Waals surface area contributed by atoms with E-state index in [2.05, 4.69) is 5.32 Å². The van der Waals surface area contributed by atoms with Crippen LogP contribution in [0.1, 0.15) is 25.0 Å². The average molecular weight is 383 g/mol. The summed E-state index contributed by atoms with van der Waals surface area (Å²) >= 11 is 0. The highest BCUT2D eigenvalue weighted by Gasteiger charge is 2.43. The number of nitrogens with one attached hydrogen (secondary N) is 1. The monoisotopic (exact) mass is 383 g/mol. The number of fused-ring (bicyclic) bond motifs is 1. The molecule has 3 rings (SSSR count). The lowest BCUT2D eigenvalue weighted by Gasteiger charge is -2.32. The Morgan fingerprint density at radius 3 is 2.29 bits per heavy atom. The summed E-state index contributed by atoms with van der Waals surface area (Å²) in [6, 6.07) is 10.8. The first-order valence-corrected chi connectivity index (χ1v) is 8.52. The molecule has 6 nitrogen and oxygen atoms in total. The second-order valence-electron chi connectivity index (χ2n) is 7.02. The maximum Gasteiger partial charge on any atom is 0.322 e. The molecule has 0 bridgehead atoms. The van der Waals surface area contributed by atoms with Gasteiger partial charge in [0.25, 0.3) is 5.91 Å². The zero-order chi connectivity index (χ0) is 20.6. The van der Waals surface area contributed by atoms with E-state index >= 15 is 0 Å². The molecule has 28 heavy (non-hydrogen) atoms. The van der Waals surface area contributed by atoms with E-state index in [4.69, 9.17) is 5.11 Å². The summed E-state index contributed by atoms with van der Waals surface area (Å²) in [7, 11) is 0. The molecule has 0 aliphatic heterocycles. The summed E-state index contributed by atoms with van der Waals surface area (Å²) in [5, 5.41) is 21.5. The van der Waals surface area contributed by atoms with E-state index in [-0.39, 0.29) is 5.82 Å². The SMILES string of the molecule is CC1(C)C(=O)C(C(=O)NCC(=O)O)=C(O)c2cc(-c3ccc(F)cc3)ccc21. The number of halogens is 1. The van der Waals surface area contributed by atoms with Crippen LogP contribution in [-0.2, 0) is 19.8 Å². The summed E-state index contributed by atoms with van der Waals surface area (Å²) in [5.74, 6) is -3.71. The highest BCUT2D eigenvalue weighted by Crippen LogP contribution is 2.41. The molecule has 0 atom stereocenters. The van der Waals surface area contributed by atoms with Crippen molar-refractivity contribution in [2.24, 2.45) is 0 Å². The summed E-state index contributed by atoms with van der Waals surface area (Å²) in [5.41, 5.74) is 0.626. The molecule has 0 saturated carbocycles. The van der Waals surface area contributed by atoms with Crippen molar-refractivity contribution >= 4 is 23.4 Å². The number of amides is 1. The predicted octanol–water partition coefficient (Wildman–Crippen LogP) is 2.82. The summed E-state index contributed by atoms with van der Waals surface area (Å²) in [6.45, 7) is 2.58. The first-order valence-electron chi connectivity index (χ1n) is 8.52. The molecule has 7 heteroatoms. The molecule has 1 aliphatic carbocycles. The van der Waals surface area contributed by atoms with Crippen molar-refractivity contribution in [3.8, 4) is 11.1 Å². The molecule has 144 valence electrons. The number of benzene rings is 2. The molecule has 2 aromatic carbocycles. The lowest BCUT2D eigenvalue weighted by molar-refractivity contribution is -0.138. The predicted molar refractivity (Wildman–Crippen MR) is 100 cm³/mol. The van der Waals surface area contributed by atoms with Gasteiger partial charge in [-0.2, -0.15) is 0 Å². The average Bonchev–Trinajstić information content (AvgIpc) is 2.65. The normalized spacial score (nSPS) is 15.2. The lowest BCUT2D eigenvalue weighted by atomic mass is 9.70. The van der Waals surface area contributed by atoms with Gasteiger partial charge in [-0.1, -0.05) is 24.3 Å². The van der Waals surface area contributed by atoms with Crippen LogP contribution < -0.4 is 5.32 Å². The Morgan fingerprint density at radius 1 is 1.07 bits per heavy atom. The van der Waals surface area contributed by atoms with Gasteiger partial charge in [-0.05, 0) is 48.7 Å². The molecule has 0 aromatic heterocycles. The van der Waals surface area contributed by atoms with Crippen molar-refractivity contribution in [3.05, 3.63) is 65.0 Å². The van der Waals surface area contributed by atoms with Crippen LogP contribution in [0.2, 0.25) is 0 Å². The Morgan fingerprint density at radius 2 is 1.68 bits per heavy atom. The van der Waals surface area contributed by atoms with E-state index < -0.39 is 41.0 Å². The molecule has 1 amide bonds. The van der Waals surface area contributed by atoms with Crippen LogP contribution in [0.3, 0.4) is 0 Å². The fourth-order valence-corrected chi connectivity index (χ4v) is 3.24. The molecule has 0 spiro atoms. The molecule has 3 N–H and O–H groups in total. The number of carbonyl (C=O) groups excluding carboxylic acids is 2. The van der Waals surface area contributed by atoms with Crippen molar-refractivity contribution in [2.45, 2.75) is 19.3 Å². The van der Waals surface area contributed by atoms with Crippen LogP contribution in [0, 0.1) is 5.82 Å². The van der Waals surface area contributed by atoms with Crippen LogP contribution in [-0.4, -0.2) is 34.4 Å². The van der Waals surface area contributed by atoms with Gasteiger partial charge >= 0.3 is 5.97 Å². The Hall–Kier alpha value is -3.48. The van der Waals surface area contributed by atoms with Crippen molar-refractivity contribution in [2.75, 3.05) is 6.54 Å². The topological polar surface area (TPSA) is 104 Å². The molecule has 0 unspecified atom stereocenters. The van der Waals surface area contributed by atoms with Gasteiger partial charge in [0, 0.05) is 5.56 Å². The van der Waals surface area contributed by atoms with Crippen molar-refractivity contribution < 1.29 is 29.0 Å². The zero-order valence-electron chi connectivity index (χ0n) is 15.2. The van der Waals surface area contributed by atoms with Gasteiger partial charge in [-0.3, -0.25) is 14.4 Å². The quantitative estimate of drug-likeness (QED) is 0.705. The fourth-order valence-electron chi connectivity index (χ4n) is 3.24. The number of carboxylic acids is 1. The van der Waals surface area contributed by atoms with Crippen molar-refractivity contribution in [1.29, 1.82) is 0 Å². The number of aliphatic carboxylic acids is 1. The van der Waals surface area contributed by atoms with E-state index in [1.165, 1.54) is 12.1 Å². The van der Waals surface area contributed by atoms with E-state index in [1.807, 2.05) is 0 Å². The van der Waals surface area contributed by atoms with E-state index in [1.54, 1.807) is 44.2 Å². The van der Waals surface area contributed by atoms with Crippen molar-refractivity contribution in [1.82, 2.24) is 5.32 Å². The Kier molecular flexibility index (Phi) is 4.77. The second kappa shape index (κ2) is 6.92. The molecule has 0 radical (unpaired) electrons. The minimum Gasteiger partial charge on any atom is -0.506 e. The molecule has 2 aromatic rings. The van der Waals surface area contributed by atoms with Gasteiger partial charge in [-0.25, -0.2) is 4.39 Å². The Balaban J connectivity index is 2.13. The van der Waals surface area contributed by atoms with Gasteiger partial charge in [0.05, 0.1) is 5.41 Å². The molecule has 0 heterocycles. The highest BCUT2D eigenvalue weighted by molar-refractivity contribution is 6.28. The van der Waals surface area contributed by atoms with E-state index in [9.17, 15) is 23.9 Å². The molecule has 0 fully saturated rings. The summed E-state index contributed by atoms with van der Waals surface area (Å²) < 4.78 is 13.2. The third-order valence-corrected chi connectivity index (χ3v) is 4.78. The largest absolute Gasteiger partial charge is 0.506 e. The van der Waals surface area contributed by atoms with Gasteiger partial charge in [0.2, 0.25) is 0 Å². The Labute approximate surface area is 160 Å². The smallest absolute Gasteiger partial charge is 0.322 e. The Bertz CT molecular complexity index is 1020. The summed E-state index contributed by atoms with van der Waals surface area (Å²) in [4.78, 5) is 35.9. The number of ketones is 1. The summed E-state index contributed by atoms with van der Waals surface area (Å²) in [6.07, 6.45) is 0. The lowest BCUT2D eigenvalue weighted by Crippen LogP contribution is -2.42. The van der Waals surface area contributed by atoms with E-state index in [0.717, 1.165) is 0 Å². The minimum atomic E-state index is -1.27. The molecule has 0 saturated heterocycles. The number of hydrogen-bond acceptors (Lipinski definition) is 4. The number of aliphatic hydroxyl groups is 1.